The molecule has 0 radical (unpaired) electrons. The van der Waals surface area contributed by atoms with Crippen molar-refractivity contribution in [3.8, 4) is 11.4 Å². The van der Waals surface area contributed by atoms with E-state index in [9.17, 15) is 4.79 Å². The first-order chi connectivity index (χ1) is 11.6. The summed E-state index contributed by atoms with van der Waals surface area (Å²) < 4.78 is 2.27. The molecule has 0 saturated carbocycles. The predicted molar refractivity (Wildman–Crippen MR) is 97.2 cm³/mol. The SMILES string of the molecule is CC[C@H](C)NC(=O)c1nc(-c2ccc(C)cc2)n2c1CCCCC2. The van der Waals surface area contributed by atoms with E-state index in [0.29, 0.717) is 5.69 Å². The van der Waals surface area contributed by atoms with Gasteiger partial charge in [-0.25, -0.2) is 4.98 Å². The molecule has 0 saturated heterocycles. The molecule has 1 N–H and O–H groups in total. The summed E-state index contributed by atoms with van der Waals surface area (Å²) in [5, 5.41) is 3.08. The molecule has 1 aromatic carbocycles. The zero-order chi connectivity index (χ0) is 17.1. The van der Waals surface area contributed by atoms with Gasteiger partial charge in [-0.15, -0.1) is 0 Å². The first-order valence-electron chi connectivity index (χ1n) is 9.07. The van der Waals surface area contributed by atoms with Crippen molar-refractivity contribution in [1.82, 2.24) is 14.9 Å². The topological polar surface area (TPSA) is 46.9 Å². The molecule has 0 unspecified atom stereocenters. The number of imidazole rings is 1. The number of rotatable bonds is 4. The number of carbonyl (C=O) groups excluding carboxylic acids is 1. The van der Waals surface area contributed by atoms with Crippen molar-refractivity contribution in [2.75, 3.05) is 0 Å². The maximum atomic E-state index is 12.7. The first kappa shape index (κ1) is 16.7. The number of hydrogen-bond acceptors (Lipinski definition) is 2. The largest absolute Gasteiger partial charge is 0.348 e. The molecule has 3 rings (SSSR count). The molecule has 2 aromatic rings. The number of benzene rings is 1. The van der Waals surface area contributed by atoms with Crippen molar-refractivity contribution >= 4 is 5.91 Å². The zero-order valence-electron chi connectivity index (χ0n) is 14.9. The molecule has 1 atom stereocenters. The Balaban J connectivity index is 2.03. The lowest BCUT2D eigenvalue weighted by Gasteiger charge is -2.11. The summed E-state index contributed by atoms with van der Waals surface area (Å²) in [5.41, 5.74) is 4.04. The van der Waals surface area contributed by atoms with E-state index in [1.54, 1.807) is 0 Å². The van der Waals surface area contributed by atoms with E-state index in [1.165, 1.54) is 12.0 Å². The third-order valence-corrected chi connectivity index (χ3v) is 4.88. The summed E-state index contributed by atoms with van der Waals surface area (Å²) in [6.07, 6.45) is 5.34. The highest BCUT2D eigenvalue weighted by molar-refractivity contribution is 5.94. The third kappa shape index (κ3) is 3.37. The maximum Gasteiger partial charge on any atom is 0.271 e. The van der Waals surface area contributed by atoms with Gasteiger partial charge in [-0.1, -0.05) is 43.2 Å². The van der Waals surface area contributed by atoms with Crippen molar-refractivity contribution in [3.63, 3.8) is 0 Å². The predicted octanol–water partition coefficient (Wildman–Crippen LogP) is 4.11. The lowest BCUT2D eigenvalue weighted by Crippen LogP contribution is -2.32. The second kappa shape index (κ2) is 7.20. The summed E-state index contributed by atoms with van der Waals surface area (Å²) in [7, 11) is 0. The van der Waals surface area contributed by atoms with Crippen molar-refractivity contribution in [2.24, 2.45) is 0 Å². The Morgan fingerprint density at radius 3 is 2.71 bits per heavy atom. The van der Waals surface area contributed by atoms with Gasteiger partial charge in [0.2, 0.25) is 0 Å². The fourth-order valence-corrected chi connectivity index (χ4v) is 3.22. The molecule has 2 heterocycles. The molecular weight excluding hydrogens is 298 g/mol. The zero-order valence-corrected chi connectivity index (χ0v) is 14.9. The van der Waals surface area contributed by atoms with Gasteiger partial charge in [-0.2, -0.15) is 0 Å². The number of amides is 1. The van der Waals surface area contributed by atoms with Crippen molar-refractivity contribution in [2.45, 2.75) is 65.5 Å². The molecule has 0 bridgehead atoms. The molecule has 1 aliphatic rings. The Labute approximate surface area is 144 Å². The fourth-order valence-electron chi connectivity index (χ4n) is 3.22. The standard InChI is InChI=1S/C20H27N3O/c1-4-15(3)21-20(24)18-17-8-6-5-7-13-23(17)19(22-18)16-11-9-14(2)10-12-16/h9-12,15H,4-8,13H2,1-3H3,(H,21,24)/t15-/m0/s1. The molecule has 0 fully saturated rings. The third-order valence-electron chi connectivity index (χ3n) is 4.88. The Bertz CT molecular complexity index is 715. The Morgan fingerprint density at radius 2 is 2.00 bits per heavy atom. The van der Waals surface area contributed by atoms with E-state index in [-0.39, 0.29) is 11.9 Å². The second-order valence-electron chi connectivity index (χ2n) is 6.84. The van der Waals surface area contributed by atoms with Gasteiger partial charge >= 0.3 is 0 Å². The molecule has 0 spiro atoms. The van der Waals surface area contributed by atoms with E-state index in [4.69, 9.17) is 4.98 Å². The number of fused-ring (bicyclic) bond motifs is 1. The lowest BCUT2D eigenvalue weighted by molar-refractivity contribution is 0.0933. The van der Waals surface area contributed by atoms with Crippen LogP contribution < -0.4 is 5.32 Å². The van der Waals surface area contributed by atoms with Gasteiger partial charge in [0.25, 0.3) is 5.91 Å². The van der Waals surface area contributed by atoms with Gasteiger partial charge in [-0.3, -0.25) is 4.79 Å². The normalized spacial score (nSPS) is 15.5. The minimum atomic E-state index is -0.0339. The highest BCUT2D eigenvalue weighted by Gasteiger charge is 2.24. The van der Waals surface area contributed by atoms with Crippen LogP contribution in [0.3, 0.4) is 0 Å². The van der Waals surface area contributed by atoms with E-state index < -0.39 is 0 Å². The van der Waals surface area contributed by atoms with Gasteiger partial charge in [0, 0.05) is 18.2 Å². The molecule has 24 heavy (non-hydrogen) atoms. The highest BCUT2D eigenvalue weighted by Crippen LogP contribution is 2.27. The van der Waals surface area contributed by atoms with Crippen LogP contribution >= 0.6 is 0 Å². The average molecular weight is 325 g/mol. The smallest absolute Gasteiger partial charge is 0.271 e. The summed E-state index contributed by atoms with van der Waals surface area (Å²) in [5.74, 6) is 0.898. The minimum absolute atomic E-state index is 0.0339. The monoisotopic (exact) mass is 325 g/mol. The van der Waals surface area contributed by atoms with Gasteiger partial charge in [0.1, 0.15) is 11.5 Å². The van der Waals surface area contributed by atoms with Crippen molar-refractivity contribution in [1.29, 1.82) is 0 Å². The number of carbonyl (C=O) groups is 1. The van der Waals surface area contributed by atoms with Crippen LogP contribution in [0.25, 0.3) is 11.4 Å². The van der Waals surface area contributed by atoms with Gasteiger partial charge in [0.05, 0.1) is 5.69 Å². The first-order valence-corrected chi connectivity index (χ1v) is 9.07. The fraction of sp³-hybridized carbons (Fsp3) is 0.500. The van der Waals surface area contributed by atoms with Gasteiger partial charge in [-0.05, 0) is 39.5 Å². The highest BCUT2D eigenvalue weighted by atomic mass is 16.2. The minimum Gasteiger partial charge on any atom is -0.348 e. The number of hydrogen-bond donors (Lipinski definition) is 1. The number of aromatic nitrogens is 2. The van der Waals surface area contributed by atoms with Crippen LogP contribution in [0, 0.1) is 6.92 Å². The summed E-state index contributed by atoms with van der Waals surface area (Å²) in [6.45, 7) is 7.15. The summed E-state index contributed by atoms with van der Waals surface area (Å²) >= 11 is 0. The van der Waals surface area contributed by atoms with E-state index >= 15 is 0 Å². The molecular formula is C20H27N3O. The molecule has 4 heteroatoms. The molecule has 0 aliphatic carbocycles. The summed E-state index contributed by atoms with van der Waals surface area (Å²) in [6, 6.07) is 8.58. The van der Waals surface area contributed by atoms with E-state index in [2.05, 4.69) is 48.0 Å². The average Bonchev–Trinajstić information content (AvgIpc) is 2.77. The van der Waals surface area contributed by atoms with Crippen LogP contribution in [0.1, 0.15) is 61.3 Å². The van der Waals surface area contributed by atoms with Crippen molar-refractivity contribution in [3.05, 3.63) is 41.2 Å². The molecule has 4 nitrogen and oxygen atoms in total. The van der Waals surface area contributed by atoms with Crippen molar-refractivity contribution < 1.29 is 4.79 Å². The molecule has 1 aromatic heterocycles. The molecule has 128 valence electrons. The van der Waals surface area contributed by atoms with Crippen LogP contribution in [-0.4, -0.2) is 21.5 Å². The molecule has 1 aliphatic heterocycles. The number of nitrogens with one attached hydrogen (secondary N) is 1. The Kier molecular flexibility index (Phi) is 5.03. The van der Waals surface area contributed by atoms with Crippen LogP contribution in [0.4, 0.5) is 0 Å². The van der Waals surface area contributed by atoms with Gasteiger partial charge in [0.15, 0.2) is 0 Å². The number of nitrogens with zero attached hydrogens (tertiary/aromatic N) is 2. The van der Waals surface area contributed by atoms with Crippen LogP contribution in [0.2, 0.25) is 0 Å². The van der Waals surface area contributed by atoms with Gasteiger partial charge < -0.3 is 9.88 Å². The molecule has 1 amide bonds. The van der Waals surface area contributed by atoms with Crippen LogP contribution in [0.15, 0.2) is 24.3 Å². The Hall–Kier alpha value is -2.10. The number of aryl methyl sites for hydroxylation is 1. The van der Waals surface area contributed by atoms with Crippen LogP contribution in [0.5, 0.6) is 0 Å². The second-order valence-corrected chi connectivity index (χ2v) is 6.84. The lowest BCUT2D eigenvalue weighted by atomic mass is 10.1. The Morgan fingerprint density at radius 1 is 1.25 bits per heavy atom. The quantitative estimate of drug-likeness (QED) is 0.919. The maximum absolute atomic E-state index is 12.7. The van der Waals surface area contributed by atoms with E-state index in [1.807, 2.05) is 6.92 Å². The van der Waals surface area contributed by atoms with E-state index in [0.717, 1.165) is 49.3 Å². The summed E-state index contributed by atoms with van der Waals surface area (Å²) in [4.78, 5) is 17.5. The van der Waals surface area contributed by atoms with Crippen LogP contribution in [-0.2, 0) is 13.0 Å².